The van der Waals surface area contributed by atoms with Crippen LogP contribution in [-0.2, 0) is 10.0 Å². The summed E-state index contributed by atoms with van der Waals surface area (Å²) >= 11 is 1.52. The monoisotopic (exact) mass is 345 g/mol. The molecule has 0 spiro atoms. The van der Waals surface area contributed by atoms with Crippen LogP contribution in [0.2, 0.25) is 0 Å². The number of nitrogens with one attached hydrogen (secondary N) is 1. The van der Waals surface area contributed by atoms with Gasteiger partial charge in [-0.25, -0.2) is 8.42 Å². The van der Waals surface area contributed by atoms with Gasteiger partial charge in [0.15, 0.2) is 0 Å². The lowest BCUT2D eigenvalue weighted by Gasteiger charge is -2.12. The molecule has 0 radical (unpaired) electrons. The summed E-state index contributed by atoms with van der Waals surface area (Å²) in [6.45, 7) is 9.47. The van der Waals surface area contributed by atoms with Crippen molar-refractivity contribution in [3.63, 3.8) is 0 Å². The second-order valence-corrected chi connectivity index (χ2v) is 7.77. The van der Waals surface area contributed by atoms with Gasteiger partial charge in [0.05, 0.1) is 10.6 Å². The summed E-state index contributed by atoms with van der Waals surface area (Å²) < 4.78 is 27.7. The summed E-state index contributed by atoms with van der Waals surface area (Å²) in [6, 6.07) is 14.1. The number of anilines is 1. The van der Waals surface area contributed by atoms with Gasteiger partial charge in [0.2, 0.25) is 0 Å². The van der Waals surface area contributed by atoms with Crippen LogP contribution in [0.1, 0.15) is 5.56 Å². The molecule has 0 fully saturated rings. The highest BCUT2D eigenvalue weighted by molar-refractivity contribution is 7.99. The summed E-state index contributed by atoms with van der Waals surface area (Å²) in [5.74, 6) is 0.659. The lowest BCUT2D eigenvalue weighted by atomic mass is 10.2. The summed E-state index contributed by atoms with van der Waals surface area (Å²) in [7, 11) is -3.60. The minimum absolute atomic E-state index is 0.249. The number of sulfonamides is 1. The van der Waals surface area contributed by atoms with Crippen molar-refractivity contribution >= 4 is 27.5 Å². The van der Waals surface area contributed by atoms with Gasteiger partial charge in [-0.3, -0.25) is 4.72 Å². The number of benzene rings is 2. The highest BCUT2D eigenvalue weighted by atomic mass is 32.2. The van der Waals surface area contributed by atoms with E-state index in [0.717, 1.165) is 16.0 Å². The van der Waals surface area contributed by atoms with Gasteiger partial charge >= 0.3 is 0 Å². The SMILES string of the molecule is C=CC(=C)CSc1ccccc1NS(=O)(=O)c1ccc(C)cc1. The van der Waals surface area contributed by atoms with E-state index in [2.05, 4.69) is 17.9 Å². The lowest BCUT2D eigenvalue weighted by Crippen LogP contribution is -2.13. The largest absolute Gasteiger partial charge is 0.278 e. The third-order valence-corrected chi connectivity index (χ3v) is 5.73. The summed E-state index contributed by atoms with van der Waals surface area (Å²) in [5.41, 5.74) is 2.48. The van der Waals surface area contributed by atoms with Crippen LogP contribution in [0.3, 0.4) is 0 Å². The predicted octanol–water partition coefficient (Wildman–Crippen LogP) is 4.63. The van der Waals surface area contributed by atoms with Crippen molar-refractivity contribution in [1.29, 1.82) is 0 Å². The maximum Gasteiger partial charge on any atom is 0.261 e. The Balaban J connectivity index is 2.23. The van der Waals surface area contributed by atoms with Crippen molar-refractivity contribution in [3.8, 4) is 0 Å². The molecule has 2 aromatic carbocycles. The van der Waals surface area contributed by atoms with Crippen molar-refractivity contribution in [3.05, 3.63) is 78.9 Å². The molecule has 0 aliphatic rings. The molecule has 3 nitrogen and oxygen atoms in total. The Hall–Kier alpha value is -1.98. The molecule has 0 bridgehead atoms. The first-order valence-electron chi connectivity index (χ1n) is 7.04. The molecular formula is C18H19NO2S2. The normalized spacial score (nSPS) is 11.0. The lowest BCUT2D eigenvalue weighted by molar-refractivity contribution is 0.601. The number of allylic oxidation sites excluding steroid dienone is 1. The Bertz CT molecular complexity index is 809. The number of thioether (sulfide) groups is 1. The van der Waals surface area contributed by atoms with Crippen molar-refractivity contribution in [2.24, 2.45) is 0 Å². The highest BCUT2D eigenvalue weighted by Gasteiger charge is 2.15. The van der Waals surface area contributed by atoms with E-state index < -0.39 is 10.0 Å². The maximum atomic E-state index is 12.5. The van der Waals surface area contributed by atoms with Gasteiger partial charge in [-0.2, -0.15) is 0 Å². The Morgan fingerprint density at radius 2 is 1.83 bits per heavy atom. The molecule has 2 aromatic rings. The van der Waals surface area contributed by atoms with Gasteiger partial charge in [0, 0.05) is 10.6 Å². The second kappa shape index (κ2) is 7.53. The van der Waals surface area contributed by atoms with E-state index in [4.69, 9.17) is 0 Å². The average molecular weight is 345 g/mol. The molecular weight excluding hydrogens is 326 g/mol. The first-order chi connectivity index (χ1) is 10.9. The fraction of sp³-hybridized carbons (Fsp3) is 0.111. The van der Waals surface area contributed by atoms with Crippen molar-refractivity contribution < 1.29 is 8.42 Å². The first-order valence-corrected chi connectivity index (χ1v) is 9.51. The Morgan fingerprint density at radius 3 is 2.48 bits per heavy atom. The van der Waals surface area contributed by atoms with Crippen molar-refractivity contribution in [1.82, 2.24) is 0 Å². The van der Waals surface area contributed by atoms with Crippen LogP contribution in [0, 0.1) is 6.92 Å². The van der Waals surface area contributed by atoms with Gasteiger partial charge in [-0.15, -0.1) is 11.8 Å². The van der Waals surface area contributed by atoms with E-state index in [0.29, 0.717) is 11.4 Å². The third kappa shape index (κ3) is 4.74. The van der Waals surface area contributed by atoms with Crippen LogP contribution in [0.25, 0.3) is 0 Å². The van der Waals surface area contributed by atoms with Crippen LogP contribution in [0.15, 0.2) is 83.1 Å². The molecule has 0 heterocycles. The van der Waals surface area contributed by atoms with Gasteiger partial charge in [-0.05, 0) is 36.8 Å². The Morgan fingerprint density at radius 1 is 1.17 bits per heavy atom. The van der Waals surface area contributed by atoms with E-state index in [1.165, 1.54) is 11.8 Å². The molecule has 23 heavy (non-hydrogen) atoms. The fourth-order valence-corrected chi connectivity index (χ4v) is 3.88. The molecule has 0 atom stereocenters. The van der Waals surface area contributed by atoms with Gasteiger partial charge in [0.25, 0.3) is 10.0 Å². The zero-order chi connectivity index (χ0) is 16.9. The van der Waals surface area contributed by atoms with Crippen LogP contribution in [-0.4, -0.2) is 14.2 Å². The summed E-state index contributed by atoms with van der Waals surface area (Å²) in [5, 5.41) is 0. The summed E-state index contributed by atoms with van der Waals surface area (Å²) in [6.07, 6.45) is 1.70. The van der Waals surface area contributed by atoms with Crippen LogP contribution in [0.4, 0.5) is 5.69 Å². The van der Waals surface area contributed by atoms with E-state index in [-0.39, 0.29) is 4.90 Å². The molecule has 0 unspecified atom stereocenters. The molecule has 0 aromatic heterocycles. The van der Waals surface area contributed by atoms with E-state index in [9.17, 15) is 8.42 Å². The standard InChI is InChI=1S/C18H19NO2S2/c1-4-14(2)13-22-18-8-6-5-7-17(18)19-23(20,21)16-11-9-15(3)10-12-16/h4-12,19H,1-2,13H2,3H3. The smallest absolute Gasteiger partial charge is 0.261 e. The average Bonchev–Trinajstić information content (AvgIpc) is 2.53. The number of rotatable bonds is 7. The molecule has 120 valence electrons. The number of aryl methyl sites for hydroxylation is 1. The van der Waals surface area contributed by atoms with E-state index in [1.54, 1.807) is 42.5 Å². The highest BCUT2D eigenvalue weighted by Crippen LogP contribution is 2.30. The van der Waals surface area contributed by atoms with Crippen molar-refractivity contribution in [2.75, 3.05) is 10.5 Å². The van der Waals surface area contributed by atoms with Gasteiger partial charge < -0.3 is 0 Å². The molecule has 0 saturated heterocycles. The molecule has 2 rings (SSSR count). The number of hydrogen-bond acceptors (Lipinski definition) is 3. The zero-order valence-corrected chi connectivity index (χ0v) is 14.6. The first kappa shape index (κ1) is 17.4. The maximum absolute atomic E-state index is 12.5. The van der Waals surface area contributed by atoms with Crippen LogP contribution in [0.5, 0.6) is 0 Å². The van der Waals surface area contributed by atoms with Crippen LogP contribution < -0.4 is 4.72 Å². The fourth-order valence-electron chi connectivity index (χ4n) is 1.83. The minimum atomic E-state index is -3.60. The van der Waals surface area contributed by atoms with E-state index >= 15 is 0 Å². The van der Waals surface area contributed by atoms with Crippen LogP contribution >= 0.6 is 11.8 Å². The van der Waals surface area contributed by atoms with Gasteiger partial charge in [0.1, 0.15) is 0 Å². The third-order valence-electron chi connectivity index (χ3n) is 3.16. The number of hydrogen-bond donors (Lipinski definition) is 1. The van der Waals surface area contributed by atoms with Crippen molar-refractivity contribution in [2.45, 2.75) is 16.7 Å². The molecule has 0 aliphatic heterocycles. The van der Waals surface area contributed by atoms with Gasteiger partial charge in [-0.1, -0.05) is 49.1 Å². The Labute approximate surface area is 142 Å². The molecule has 1 N–H and O–H groups in total. The molecule has 5 heteroatoms. The molecule has 0 amide bonds. The molecule has 0 aliphatic carbocycles. The zero-order valence-electron chi connectivity index (χ0n) is 13.0. The van der Waals surface area contributed by atoms with E-state index in [1.807, 2.05) is 19.1 Å². The number of para-hydroxylation sites is 1. The second-order valence-electron chi connectivity index (χ2n) is 5.07. The topological polar surface area (TPSA) is 46.2 Å². The quantitative estimate of drug-likeness (QED) is 0.588. The summed E-state index contributed by atoms with van der Waals surface area (Å²) in [4.78, 5) is 1.10. The predicted molar refractivity (Wildman–Crippen MR) is 98.5 cm³/mol. The molecule has 0 saturated carbocycles. The Kier molecular flexibility index (Phi) is 5.69. The minimum Gasteiger partial charge on any atom is -0.278 e.